The standard InChI is InChI=1S/C32H37NO6/c1-35-27-17-24(18-28(21-27)36-2)31(32(34)25-19-29(37-3)22-30(20-25)38-4)16-23-8-10-26(11-9-23)39-15-14-33-12-6-5-7-13-33/h8-11,16-22H,5-7,12-15H2,1-4H3. The molecule has 1 heterocycles. The van der Waals surface area contributed by atoms with Gasteiger partial charge in [-0.05, 0) is 79.5 Å². The van der Waals surface area contributed by atoms with Gasteiger partial charge in [0.15, 0.2) is 5.78 Å². The van der Waals surface area contributed by atoms with Crippen LogP contribution >= 0.6 is 0 Å². The van der Waals surface area contributed by atoms with Gasteiger partial charge in [0.2, 0.25) is 0 Å². The van der Waals surface area contributed by atoms with Gasteiger partial charge in [0, 0.05) is 29.8 Å². The number of carbonyl (C=O) groups is 1. The molecule has 0 atom stereocenters. The lowest BCUT2D eigenvalue weighted by Gasteiger charge is -2.26. The predicted molar refractivity (Wildman–Crippen MR) is 154 cm³/mol. The SMILES string of the molecule is COc1cc(OC)cc(C(=O)C(=Cc2ccc(OCCN3CCCCC3)cc2)c2cc(OC)cc(OC)c2)c1. The third kappa shape index (κ3) is 7.54. The molecule has 7 nitrogen and oxygen atoms in total. The summed E-state index contributed by atoms with van der Waals surface area (Å²) in [4.78, 5) is 16.4. The summed E-state index contributed by atoms with van der Waals surface area (Å²) in [5, 5.41) is 0. The molecule has 0 N–H and O–H groups in total. The Bertz CT molecular complexity index is 1230. The molecule has 1 saturated heterocycles. The summed E-state index contributed by atoms with van der Waals surface area (Å²) in [5.74, 6) is 2.85. The number of ketones is 1. The average molecular weight is 532 g/mol. The first-order valence-electron chi connectivity index (χ1n) is 13.2. The molecular formula is C32H37NO6. The Morgan fingerprint density at radius 1 is 0.692 bits per heavy atom. The maximum absolute atomic E-state index is 14.0. The summed E-state index contributed by atoms with van der Waals surface area (Å²) in [6.45, 7) is 3.89. The minimum Gasteiger partial charge on any atom is -0.497 e. The van der Waals surface area contributed by atoms with Crippen LogP contribution in [0.25, 0.3) is 11.6 Å². The van der Waals surface area contributed by atoms with Crippen molar-refractivity contribution in [3.05, 3.63) is 77.4 Å². The number of hydrogen-bond acceptors (Lipinski definition) is 7. The van der Waals surface area contributed by atoms with Crippen molar-refractivity contribution in [1.29, 1.82) is 0 Å². The van der Waals surface area contributed by atoms with E-state index in [4.69, 9.17) is 23.7 Å². The Morgan fingerprint density at radius 3 is 1.72 bits per heavy atom. The molecule has 0 aliphatic carbocycles. The highest BCUT2D eigenvalue weighted by molar-refractivity contribution is 6.32. The molecule has 0 unspecified atom stereocenters. The molecule has 7 heteroatoms. The van der Waals surface area contributed by atoms with Crippen molar-refractivity contribution in [3.8, 4) is 28.7 Å². The van der Waals surface area contributed by atoms with E-state index < -0.39 is 0 Å². The van der Waals surface area contributed by atoms with Crippen LogP contribution in [-0.2, 0) is 0 Å². The van der Waals surface area contributed by atoms with Crippen molar-refractivity contribution in [2.45, 2.75) is 19.3 Å². The summed E-state index contributed by atoms with van der Waals surface area (Å²) >= 11 is 0. The van der Waals surface area contributed by atoms with Gasteiger partial charge in [-0.3, -0.25) is 9.69 Å². The smallest absolute Gasteiger partial charge is 0.193 e. The molecule has 0 amide bonds. The molecule has 206 valence electrons. The second-order valence-corrected chi connectivity index (χ2v) is 9.41. The Labute approximate surface area is 230 Å². The van der Waals surface area contributed by atoms with Gasteiger partial charge >= 0.3 is 0 Å². The number of methoxy groups -OCH3 is 4. The van der Waals surface area contributed by atoms with Gasteiger partial charge in [-0.15, -0.1) is 0 Å². The number of carbonyl (C=O) groups excluding carboxylic acids is 1. The van der Waals surface area contributed by atoms with Gasteiger partial charge in [-0.1, -0.05) is 18.6 Å². The molecule has 0 bridgehead atoms. The third-order valence-electron chi connectivity index (χ3n) is 6.84. The Balaban J connectivity index is 1.63. The molecule has 3 aromatic carbocycles. The Hall–Kier alpha value is -3.97. The number of rotatable bonds is 12. The summed E-state index contributed by atoms with van der Waals surface area (Å²) in [5.41, 5.74) is 2.44. The fraction of sp³-hybridized carbons (Fsp3) is 0.344. The second kappa shape index (κ2) is 13.7. The van der Waals surface area contributed by atoms with E-state index in [0.29, 0.717) is 46.3 Å². The highest BCUT2D eigenvalue weighted by Crippen LogP contribution is 2.32. The van der Waals surface area contributed by atoms with Crippen LogP contribution in [0, 0.1) is 0 Å². The molecule has 1 aliphatic heterocycles. The maximum atomic E-state index is 14.0. The van der Waals surface area contributed by atoms with Crippen molar-refractivity contribution in [1.82, 2.24) is 4.90 Å². The number of benzene rings is 3. The lowest BCUT2D eigenvalue weighted by atomic mass is 9.94. The zero-order chi connectivity index (χ0) is 27.6. The molecule has 4 rings (SSSR count). The molecule has 0 spiro atoms. The first kappa shape index (κ1) is 28.0. The van der Waals surface area contributed by atoms with Gasteiger partial charge in [0.25, 0.3) is 0 Å². The number of hydrogen-bond donors (Lipinski definition) is 0. The quantitative estimate of drug-likeness (QED) is 0.161. The number of Topliss-reactive ketones (excluding diaryl/α,β-unsaturated/α-hetero) is 1. The third-order valence-corrected chi connectivity index (χ3v) is 6.84. The minimum absolute atomic E-state index is 0.190. The molecule has 0 aromatic heterocycles. The first-order chi connectivity index (χ1) is 19.0. The largest absolute Gasteiger partial charge is 0.497 e. The van der Waals surface area contributed by atoms with E-state index in [-0.39, 0.29) is 5.78 Å². The van der Waals surface area contributed by atoms with Gasteiger partial charge in [-0.2, -0.15) is 0 Å². The van der Waals surface area contributed by atoms with Crippen LogP contribution in [0.5, 0.6) is 28.7 Å². The summed E-state index contributed by atoms with van der Waals surface area (Å²) in [7, 11) is 6.28. The van der Waals surface area contributed by atoms with Crippen LogP contribution < -0.4 is 23.7 Å². The average Bonchev–Trinajstić information content (AvgIpc) is 3.00. The molecule has 1 fully saturated rings. The molecule has 0 saturated carbocycles. The monoisotopic (exact) mass is 531 g/mol. The van der Waals surface area contributed by atoms with Crippen LogP contribution in [0.2, 0.25) is 0 Å². The van der Waals surface area contributed by atoms with Crippen molar-refractivity contribution in [2.75, 3.05) is 54.7 Å². The molecule has 39 heavy (non-hydrogen) atoms. The van der Waals surface area contributed by atoms with Crippen LogP contribution in [0.3, 0.4) is 0 Å². The highest BCUT2D eigenvalue weighted by Gasteiger charge is 2.19. The van der Waals surface area contributed by atoms with Crippen molar-refractivity contribution in [3.63, 3.8) is 0 Å². The number of likely N-dealkylation sites (tertiary alicyclic amines) is 1. The Morgan fingerprint density at radius 2 is 1.21 bits per heavy atom. The second-order valence-electron chi connectivity index (χ2n) is 9.41. The number of ether oxygens (including phenoxy) is 5. The van der Waals surface area contributed by atoms with E-state index in [1.165, 1.54) is 19.3 Å². The zero-order valence-electron chi connectivity index (χ0n) is 23.2. The normalized spacial score (nSPS) is 14.0. The van der Waals surface area contributed by atoms with E-state index in [9.17, 15) is 4.79 Å². The van der Waals surface area contributed by atoms with Crippen molar-refractivity contribution < 1.29 is 28.5 Å². The van der Waals surface area contributed by atoms with E-state index >= 15 is 0 Å². The zero-order valence-corrected chi connectivity index (χ0v) is 23.2. The fourth-order valence-electron chi connectivity index (χ4n) is 4.64. The molecule has 0 radical (unpaired) electrons. The number of piperidine rings is 1. The molecular weight excluding hydrogens is 494 g/mol. The van der Waals surface area contributed by atoms with E-state index in [0.717, 1.165) is 30.9 Å². The van der Waals surface area contributed by atoms with E-state index in [2.05, 4.69) is 4.90 Å². The minimum atomic E-state index is -0.190. The Kier molecular flexibility index (Phi) is 9.86. The summed E-state index contributed by atoms with van der Waals surface area (Å²) < 4.78 is 27.7. The van der Waals surface area contributed by atoms with Gasteiger partial charge in [-0.25, -0.2) is 0 Å². The highest BCUT2D eigenvalue weighted by atomic mass is 16.5. The topological polar surface area (TPSA) is 66.5 Å². The lowest BCUT2D eigenvalue weighted by Crippen LogP contribution is -2.33. The first-order valence-corrected chi connectivity index (χ1v) is 13.2. The van der Waals surface area contributed by atoms with Crippen molar-refractivity contribution >= 4 is 17.4 Å². The van der Waals surface area contributed by atoms with Crippen LogP contribution in [0.1, 0.15) is 40.7 Å². The lowest BCUT2D eigenvalue weighted by molar-refractivity contribution is 0.105. The molecule has 3 aromatic rings. The van der Waals surface area contributed by atoms with Crippen LogP contribution in [-0.4, -0.2) is 65.4 Å². The van der Waals surface area contributed by atoms with Gasteiger partial charge in [0.05, 0.1) is 28.4 Å². The van der Waals surface area contributed by atoms with E-state index in [1.807, 2.05) is 42.5 Å². The van der Waals surface area contributed by atoms with Gasteiger partial charge in [0.1, 0.15) is 35.4 Å². The van der Waals surface area contributed by atoms with E-state index in [1.54, 1.807) is 52.7 Å². The predicted octanol–water partition coefficient (Wildman–Crippen LogP) is 6.01. The van der Waals surface area contributed by atoms with Crippen LogP contribution in [0.15, 0.2) is 60.7 Å². The van der Waals surface area contributed by atoms with Gasteiger partial charge < -0.3 is 23.7 Å². The number of allylic oxidation sites excluding steroid dienone is 1. The van der Waals surface area contributed by atoms with Crippen LogP contribution in [0.4, 0.5) is 0 Å². The summed E-state index contributed by atoms with van der Waals surface area (Å²) in [6.07, 6.45) is 5.72. The summed E-state index contributed by atoms with van der Waals surface area (Å²) in [6, 6.07) is 18.3. The van der Waals surface area contributed by atoms with Crippen molar-refractivity contribution in [2.24, 2.45) is 0 Å². The number of nitrogens with zero attached hydrogens (tertiary/aromatic N) is 1. The fourth-order valence-corrected chi connectivity index (χ4v) is 4.64. The molecule has 1 aliphatic rings. The maximum Gasteiger partial charge on any atom is 0.193 e.